The Morgan fingerprint density at radius 1 is 1.15 bits per heavy atom. The fourth-order valence-electron chi connectivity index (χ4n) is 2.50. The molecule has 0 saturated heterocycles. The number of aliphatic imine (C=N–C) groups is 1. The predicted octanol–water partition coefficient (Wildman–Crippen LogP) is 3.48. The Morgan fingerprint density at radius 2 is 2.04 bits per heavy atom. The van der Waals surface area contributed by atoms with Gasteiger partial charge in [-0.2, -0.15) is 0 Å². The minimum absolute atomic E-state index is 0.582. The summed E-state index contributed by atoms with van der Waals surface area (Å²) in [4.78, 5) is 9.05. The van der Waals surface area contributed by atoms with Crippen molar-refractivity contribution in [2.24, 2.45) is 4.99 Å². The molecule has 1 aromatic heterocycles. The highest BCUT2D eigenvalue weighted by Gasteiger charge is 2.05. The zero-order chi connectivity index (χ0) is 18.6. The fourth-order valence-corrected chi connectivity index (χ4v) is 2.50. The highest BCUT2D eigenvalue weighted by atomic mass is 16.5. The lowest BCUT2D eigenvalue weighted by molar-refractivity contribution is 0.314. The molecule has 2 rings (SSSR count). The second kappa shape index (κ2) is 11.1. The van der Waals surface area contributed by atoms with Gasteiger partial charge in [0.25, 0.3) is 0 Å². The third kappa shape index (κ3) is 6.75. The summed E-state index contributed by atoms with van der Waals surface area (Å²) in [7, 11) is 0. The molecule has 0 atom stereocenters. The normalized spacial score (nSPS) is 11.3. The Balaban J connectivity index is 1.97. The molecule has 1 aromatic carbocycles. The van der Waals surface area contributed by atoms with E-state index in [1.54, 1.807) is 0 Å². The number of rotatable bonds is 9. The Bertz CT molecular complexity index is 686. The number of aryl methyl sites for hydroxylation is 1. The van der Waals surface area contributed by atoms with Gasteiger partial charge in [-0.25, -0.2) is 4.99 Å². The van der Waals surface area contributed by atoms with E-state index in [4.69, 9.17) is 9.73 Å². The Morgan fingerprint density at radius 3 is 2.77 bits per heavy atom. The number of aromatic nitrogens is 1. The lowest BCUT2D eigenvalue weighted by atomic mass is 10.1. The monoisotopic (exact) mass is 354 g/mol. The lowest BCUT2D eigenvalue weighted by Crippen LogP contribution is -2.38. The second-order valence-electron chi connectivity index (χ2n) is 6.15. The van der Waals surface area contributed by atoms with Crippen molar-refractivity contribution in [2.75, 3.05) is 19.7 Å². The maximum absolute atomic E-state index is 5.88. The highest BCUT2D eigenvalue weighted by Crippen LogP contribution is 2.21. The van der Waals surface area contributed by atoms with Gasteiger partial charge < -0.3 is 15.4 Å². The molecule has 1 heterocycles. The van der Waals surface area contributed by atoms with Crippen LogP contribution in [0.4, 0.5) is 0 Å². The van der Waals surface area contributed by atoms with Crippen LogP contribution in [0, 0.1) is 6.92 Å². The summed E-state index contributed by atoms with van der Waals surface area (Å²) < 4.78 is 5.88. The third-order valence-corrected chi connectivity index (χ3v) is 3.84. The van der Waals surface area contributed by atoms with Crippen molar-refractivity contribution < 1.29 is 4.74 Å². The number of benzene rings is 1. The van der Waals surface area contributed by atoms with Gasteiger partial charge in [-0.05, 0) is 44.0 Å². The molecule has 0 amide bonds. The summed E-state index contributed by atoms with van der Waals surface area (Å²) in [5, 5.41) is 6.66. The molecule has 5 nitrogen and oxygen atoms in total. The molecule has 0 saturated carbocycles. The summed E-state index contributed by atoms with van der Waals surface area (Å²) in [6.45, 7) is 9.17. The van der Waals surface area contributed by atoms with E-state index in [1.165, 1.54) is 5.56 Å². The number of hydrogen-bond acceptors (Lipinski definition) is 3. The van der Waals surface area contributed by atoms with Crippen molar-refractivity contribution in [1.82, 2.24) is 15.6 Å². The summed E-state index contributed by atoms with van der Waals surface area (Å²) in [5.74, 6) is 1.74. The van der Waals surface area contributed by atoms with E-state index in [0.717, 1.165) is 55.5 Å². The number of ether oxygens (including phenoxy) is 1. The average Bonchev–Trinajstić information content (AvgIpc) is 2.66. The van der Waals surface area contributed by atoms with Crippen LogP contribution >= 0.6 is 0 Å². The van der Waals surface area contributed by atoms with Crippen LogP contribution in [-0.2, 0) is 13.0 Å². The van der Waals surface area contributed by atoms with Crippen LogP contribution in [0.25, 0.3) is 0 Å². The molecule has 26 heavy (non-hydrogen) atoms. The highest BCUT2D eigenvalue weighted by molar-refractivity contribution is 5.79. The van der Waals surface area contributed by atoms with Gasteiger partial charge in [0.1, 0.15) is 5.75 Å². The van der Waals surface area contributed by atoms with E-state index in [-0.39, 0.29) is 0 Å². The largest absolute Gasteiger partial charge is 0.493 e. The van der Waals surface area contributed by atoms with Crippen LogP contribution in [-0.4, -0.2) is 30.6 Å². The summed E-state index contributed by atoms with van der Waals surface area (Å²) in [5.41, 5.74) is 3.37. The molecule has 0 aliphatic rings. The van der Waals surface area contributed by atoms with Gasteiger partial charge in [-0.15, -0.1) is 0 Å². The van der Waals surface area contributed by atoms with Crippen LogP contribution in [0.15, 0.2) is 47.6 Å². The molecule has 0 bridgehead atoms. The summed E-state index contributed by atoms with van der Waals surface area (Å²) in [6.07, 6.45) is 3.68. The first-order valence-corrected chi connectivity index (χ1v) is 9.37. The third-order valence-electron chi connectivity index (χ3n) is 3.84. The van der Waals surface area contributed by atoms with E-state index in [1.807, 2.05) is 24.4 Å². The van der Waals surface area contributed by atoms with E-state index in [9.17, 15) is 0 Å². The smallest absolute Gasteiger partial charge is 0.191 e. The Kier molecular flexibility index (Phi) is 8.46. The number of nitrogens with one attached hydrogen (secondary N) is 2. The van der Waals surface area contributed by atoms with Gasteiger partial charge in [0.15, 0.2) is 5.96 Å². The first-order valence-electron chi connectivity index (χ1n) is 9.37. The zero-order valence-corrected chi connectivity index (χ0v) is 16.1. The maximum atomic E-state index is 5.88. The first-order chi connectivity index (χ1) is 12.7. The lowest BCUT2D eigenvalue weighted by Gasteiger charge is -2.13. The van der Waals surface area contributed by atoms with E-state index < -0.39 is 0 Å². The molecule has 0 fully saturated rings. The van der Waals surface area contributed by atoms with Gasteiger partial charge >= 0.3 is 0 Å². The predicted molar refractivity (Wildman–Crippen MR) is 108 cm³/mol. The molecular weight excluding hydrogens is 324 g/mol. The minimum Gasteiger partial charge on any atom is -0.493 e. The van der Waals surface area contributed by atoms with E-state index >= 15 is 0 Å². The quantitative estimate of drug-likeness (QED) is 0.535. The van der Waals surface area contributed by atoms with Crippen LogP contribution in [0.1, 0.15) is 37.1 Å². The number of guanidine groups is 1. The standard InChI is InChI=1S/C21H30N4O/c1-4-14-26-20-15-17(3)9-10-18(20)16-25-21(22-5-2)24-13-11-19-8-6-7-12-23-19/h6-10,12,15H,4-5,11,13-14,16H2,1-3H3,(H2,22,24,25). The molecule has 140 valence electrons. The SMILES string of the molecule is CCCOc1cc(C)ccc1CN=C(NCC)NCCc1ccccn1. The van der Waals surface area contributed by atoms with Crippen LogP contribution < -0.4 is 15.4 Å². The van der Waals surface area contributed by atoms with Crippen molar-refractivity contribution in [2.45, 2.75) is 40.2 Å². The fraction of sp³-hybridized carbons (Fsp3) is 0.429. The summed E-state index contributed by atoms with van der Waals surface area (Å²) >= 11 is 0. The topological polar surface area (TPSA) is 58.5 Å². The molecule has 0 aliphatic carbocycles. The van der Waals surface area contributed by atoms with Crippen molar-refractivity contribution in [3.8, 4) is 5.75 Å². The van der Waals surface area contributed by atoms with Crippen molar-refractivity contribution in [1.29, 1.82) is 0 Å². The van der Waals surface area contributed by atoms with E-state index in [0.29, 0.717) is 6.54 Å². The second-order valence-corrected chi connectivity index (χ2v) is 6.15. The molecular formula is C21H30N4O. The number of hydrogen-bond donors (Lipinski definition) is 2. The van der Waals surface area contributed by atoms with Gasteiger partial charge in [0.05, 0.1) is 13.2 Å². The molecule has 2 aromatic rings. The van der Waals surface area contributed by atoms with Gasteiger partial charge in [0.2, 0.25) is 0 Å². The van der Waals surface area contributed by atoms with Crippen molar-refractivity contribution in [3.63, 3.8) is 0 Å². The van der Waals surface area contributed by atoms with Gasteiger partial charge in [-0.1, -0.05) is 25.1 Å². The minimum atomic E-state index is 0.582. The molecule has 0 aliphatic heterocycles. The molecule has 0 radical (unpaired) electrons. The average molecular weight is 354 g/mol. The zero-order valence-electron chi connectivity index (χ0n) is 16.1. The first kappa shape index (κ1) is 19.8. The van der Waals surface area contributed by atoms with Crippen molar-refractivity contribution >= 4 is 5.96 Å². The summed E-state index contributed by atoms with van der Waals surface area (Å²) in [6, 6.07) is 12.3. The van der Waals surface area contributed by atoms with Gasteiger partial charge in [-0.3, -0.25) is 4.98 Å². The van der Waals surface area contributed by atoms with Crippen molar-refractivity contribution in [3.05, 3.63) is 59.4 Å². The van der Waals surface area contributed by atoms with E-state index in [2.05, 4.69) is 54.6 Å². The molecule has 5 heteroatoms. The molecule has 2 N–H and O–H groups in total. The van der Waals surface area contributed by atoms with Crippen LogP contribution in [0.3, 0.4) is 0 Å². The van der Waals surface area contributed by atoms with Crippen LogP contribution in [0.5, 0.6) is 5.75 Å². The number of nitrogens with zero attached hydrogens (tertiary/aromatic N) is 2. The Hall–Kier alpha value is -2.56. The van der Waals surface area contributed by atoms with Gasteiger partial charge in [0, 0.05) is 37.0 Å². The Labute approximate surface area is 156 Å². The van der Waals surface area contributed by atoms with Crippen LogP contribution in [0.2, 0.25) is 0 Å². The number of pyridine rings is 1. The molecule has 0 unspecified atom stereocenters. The maximum Gasteiger partial charge on any atom is 0.191 e. The molecule has 0 spiro atoms.